The largest absolute Gasteiger partial charge is 0.307 e. The second-order valence-corrected chi connectivity index (χ2v) is 5.83. The van der Waals surface area contributed by atoms with Gasteiger partial charge in [-0.1, -0.05) is 13.8 Å². The number of nitrogen functional groups attached to an aromatic ring is 1. The van der Waals surface area contributed by atoms with Crippen LogP contribution in [-0.4, -0.2) is 28.0 Å². The lowest BCUT2D eigenvalue weighted by atomic mass is 9.85. The fourth-order valence-corrected chi connectivity index (χ4v) is 2.38. The standard InChI is InChI=1S/C13H23N5/c1-13(2)4-3-6-18(7-5-13)10-11-8-16-12(17-14)9-15-11/h8-9H,3-7,10,14H2,1-2H3,(H,16,17). The first-order chi connectivity index (χ1) is 8.59. The Hall–Kier alpha value is -1.20. The molecule has 2 heterocycles. The van der Waals surface area contributed by atoms with Crippen molar-refractivity contribution in [2.24, 2.45) is 11.3 Å². The molecule has 1 saturated heterocycles. The lowest BCUT2D eigenvalue weighted by Crippen LogP contribution is -2.25. The third-order valence-electron chi connectivity index (χ3n) is 3.67. The van der Waals surface area contributed by atoms with E-state index >= 15 is 0 Å². The van der Waals surface area contributed by atoms with Crippen LogP contribution < -0.4 is 11.3 Å². The Balaban J connectivity index is 1.92. The van der Waals surface area contributed by atoms with Gasteiger partial charge in [0.05, 0.1) is 18.1 Å². The van der Waals surface area contributed by atoms with E-state index in [1.165, 1.54) is 19.3 Å². The molecule has 1 aromatic heterocycles. The van der Waals surface area contributed by atoms with Crippen molar-refractivity contribution in [3.05, 3.63) is 18.1 Å². The summed E-state index contributed by atoms with van der Waals surface area (Å²) in [5.74, 6) is 5.88. The quantitative estimate of drug-likeness (QED) is 0.631. The normalized spacial score (nSPS) is 20.4. The number of nitrogens with two attached hydrogens (primary N) is 1. The van der Waals surface area contributed by atoms with Gasteiger partial charge in [0.25, 0.3) is 0 Å². The first-order valence-corrected chi connectivity index (χ1v) is 6.59. The Kier molecular flexibility index (Phi) is 4.14. The van der Waals surface area contributed by atoms with E-state index in [0.717, 1.165) is 25.3 Å². The Morgan fingerprint density at radius 1 is 1.28 bits per heavy atom. The summed E-state index contributed by atoms with van der Waals surface area (Å²) in [6, 6.07) is 0. The minimum absolute atomic E-state index is 0.480. The van der Waals surface area contributed by atoms with Crippen LogP contribution in [0.2, 0.25) is 0 Å². The lowest BCUT2D eigenvalue weighted by molar-refractivity contribution is 0.253. The average molecular weight is 249 g/mol. The molecule has 1 aromatic rings. The molecule has 18 heavy (non-hydrogen) atoms. The molecule has 100 valence electrons. The van der Waals surface area contributed by atoms with E-state index in [1.807, 2.05) is 0 Å². The lowest BCUT2D eigenvalue weighted by Gasteiger charge is -2.23. The van der Waals surface area contributed by atoms with Crippen LogP contribution in [-0.2, 0) is 6.54 Å². The fraction of sp³-hybridized carbons (Fsp3) is 0.692. The van der Waals surface area contributed by atoms with Crippen LogP contribution in [0.5, 0.6) is 0 Å². The number of anilines is 1. The van der Waals surface area contributed by atoms with Crippen LogP contribution in [0.4, 0.5) is 5.82 Å². The molecule has 0 saturated carbocycles. The summed E-state index contributed by atoms with van der Waals surface area (Å²) in [5, 5.41) is 0. The smallest absolute Gasteiger partial charge is 0.158 e. The van der Waals surface area contributed by atoms with Crippen LogP contribution in [0.3, 0.4) is 0 Å². The highest BCUT2D eigenvalue weighted by Crippen LogP contribution is 2.30. The van der Waals surface area contributed by atoms with Crippen molar-refractivity contribution in [2.45, 2.75) is 39.7 Å². The van der Waals surface area contributed by atoms with Gasteiger partial charge < -0.3 is 5.43 Å². The van der Waals surface area contributed by atoms with Crippen molar-refractivity contribution in [2.75, 3.05) is 18.5 Å². The van der Waals surface area contributed by atoms with Crippen LogP contribution in [0.15, 0.2) is 12.4 Å². The van der Waals surface area contributed by atoms with Crippen molar-refractivity contribution >= 4 is 5.82 Å². The fourth-order valence-electron chi connectivity index (χ4n) is 2.38. The van der Waals surface area contributed by atoms with E-state index in [0.29, 0.717) is 11.2 Å². The molecular formula is C13H23N5. The molecule has 0 unspecified atom stereocenters. The number of rotatable bonds is 3. The summed E-state index contributed by atoms with van der Waals surface area (Å²) < 4.78 is 0. The highest BCUT2D eigenvalue weighted by molar-refractivity contribution is 5.28. The molecule has 0 spiro atoms. The topological polar surface area (TPSA) is 67.1 Å². The summed E-state index contributed by atoms with van der Waals surface area (Å²) in [5.41, 5.74) is 3.98. The minimum Gasteiger partial charge on any atom is -0.307 e. The van der Waals surface area contributed by atoms with E-state index in [9.17, 15) is 0 Å². The summed E-state index contributed by atoms with van der Waals surface area (Å²) in [6.45, 7) is 7.90. The van der Waals surface area contributed by atoms with E-state index in [-0.39, 0.29) is 0 Å². The number of likely N-dealkylation sites (tertiary alicyclic amines) is 1. The number of nitrogens with one attached hydrogen (secondary N) is 1. The zero-order chi connectivity index (χ0) is 13.0. The second-order valence-electron chi connectivity index (χ2n) is 5.83. The van der Waals surface area contributed by atoms with Gasteiger partial charge in [-0.05, 0) is 37.8 Å². The molecule has 2 rings (SSSR count). The monoisotopic (exact) mass is 249 g/mol. The van der Waals surface area contributed by atoms with Crippen molar-refractivity contribution in [3.63, 3.8) is 0 Å². The van der Waals surface area contributed by atoms with Crippen LogP contribution in [0.25, 0.3) is 0 Å². The third-order valence-corrected chi connectivity index (χ3v) is 3.67. The maximum atomic E-state index is 5.27. The molecule has 3 N–H and O–H groups in total. The molecule has 0 bridgehead atoms. The number of hydrazine groups is 1. The predicted molar refractivity (Wildman–Crippen MR) is 72.8 cm³/mol. The van der Waals surface area contributed by atoms with Gasteiger partial charge in [0.1, 0.15) is 0 Å². The second kappa shape index (κ2) is 5.63. The van der Waals surface area contributed by atoms with Crippen molar-refractivity contribution in [1.29, 1.82) is 0 Å². The number of nitrogens with zero attached hydrogens (tertiary/aromatic N) is 3. The van der Waals surface area contributed by atoms with Gasteiger partial charge in [-0.15, -0.1) is 0 Å². The number of aromatic nitrogens is 2. The molecule has 1 aliphatic heterocycles. The van der Waals surface area contributed by atoms with Crippen LogP contribution >= 0.6 is 0 Å². The van der Waals surface area contributed by atoms with Gasteiger partial charge in [0.2, 0.25) is 0 Å². The maximum absolute atomic E-state index is 5.27. The van der Waals surface area contributed by atoms with Crippen molar-refractivity contribution in [3.8, 4) is 0 Å². The van der Waals surface area contributed by atoms with Gasteiger partial charge in [-0.3, -0.25) is 9.88 Å². The predicted octanol–water partition coefficient (Wildman–Crippen LogP) is 1.77. The van der Waals surface area contributed by atoms with Gasteiger partial charge >= 0.3 is 0 Å². The Morgan fingerprint density at radius 2 is 2.11 bits per heavy atom. The van der Waals surface area contributed by atoms with E-state index in [4.69, 9.17) is 5.84 Å². The first-order valence-electron chi connectivity index (χ1n) is 6.59. The third kappa shape index (κ3) is 3.65. The molecule has 5 nitrogen and oxygen atoms in total. The van der Waals surface area contributed by atoms with E-state index in [2.05, 4.69) is 34.1 Å². The highest BCUT2D eigenvalue weighted by atomic mass is 15.3. The summed E-state index contributed by atoms with van der Waals surface area (Å²) in [6.07, 6.45) is 7.30. The van der Waals surface area contributed by atoms with Gasteiger partial charge in [-0.2, -0.15) is 0 Å². The summed E-state index contributed by atoms with van der Waals surface area (Å²) in [7, 11) is 0. The molecule has 5 heteroatoms. The van der Waals surface area contributed by atoms with Gasteiger partial charge in [-0.25, -0.2) is 10.8 Å². The molecule has 0 atom stereocenters. The number of hydrogen-bond acceptors (Lipinski definition) is 5. The maximum Gasteiger partial charge on any atom is 0.158 e. The molecule has 0 amide bonds. The van der Waals surface area contributed by atoms with Gasteiger partial charge in [0, 0.05) is 6.54 Å². The zero-order valence-corrected chi connectivity index (χ0v) is 11.3. The summed E-state index contributed by atoms with van der Waals surface area (Å²) >= 11 is 0. The highest BCUT2D eigenvalue weighted by Gasteiger charge is 2.23. The first kappa shape index (κ1) is 13.2. The Labute approximate surface area is 109 Å². The molecule has 1 fully saturated rings. The number of hydrogen-bond donors (Lipinski definition) is 2. The zero-order valence-electron chi connectivity index (χ0n) is 11.3. The van der Waals surface area contributed by atoms with Crippen LogP contribution in [0, 0.1) is 5.41 Å². The minimum atomic E-state index is 0.480. The van der Waals surface area contributed by atoms with Crippen molar-refractivity contribution in [1.82, 2.24) is 14.9 Å². The van der Waals surface area contributed by atoms with Crippen LogP contribution in [0.1, 0.15) is 38.8 Å². The Morgan fingerprint density at radius 3 is 2.78 bits per heavy atom. The van der Waals surface area contributed by atoms with E-state index < -0.39 is 0 Å². The molecule has 0 aromatic carbocycles. The molecular weight excluding hydrogens is 226 g/mol. The Bertz CT molecular complexity index is 373. The molecule has 0 radical (unpaired) electrons. The van der Waals surface area contributed by atoms with Crippen molar-refractivity contribution < 1.29 is 0 Å². The van der Waals surface area contributed by atoms with Gasteiger partial charge in [0.15, 0.2) is 5.82 Å². The summed E-state index contributed by atoms with van der Waals surface area (Å²) in [4.78, 5) is 11.0. The average Bonchev–Trinajstić information content (AvgIpc) is 2.52. The SMILES string of the molecule is CC1(C)CCCN(Cc2cnc(NN)cn2)CC1. The molecule has 1 aliphatic rings. The van der Waals surface area contributed by atoms with E-state index in [1.54, 1.807) is 12.4 Å². The molecule has 0 aliphatic carbocycles.